The van der Waals surface area contributed by atoms with Crippen molar-refractivity contribution in [3.05, 3.63) is 65.2 Å². The number of esters is 2. The van der Waals surface area contributed by atoms with Crippen molar-refractivity contribution in [3.8, 4) is 0 Å². The summed E-state index contributed by atoms with van der Waals surface area (Å²) in [5.41, 5.74) is 2.21. The van der Waals surface area contributed by atoms with Crippen LogP contribution in [0.1, 0.15) is 40.1 Å². The first-order valence-electron chi connectivity index (χ1n) is 9.11. The highest BCUT2D eigenvalue weighted by Gasteiger charge is 2.15. The largest absolute Gasteiger partial charge is 0.462 e. The molecule has 28 heavy (non-hydrogen) atoms. The van der Waals surface area contributed by atoms with Gasteiger partial charge < -0.3 is 20.1 Å². The van der Waals surface area contributed by atoms with Gasteiger partial charge in [0.2, 0.25) is 0 Å². The molecule has 0 aliphatic rings. The minimum absolute atomic E-state index is 0.241. The molecule has 148 valence electrons. The van der Waals surface area contributed by atoms with Crippen molar-refractivity contribution in [1.82, 2.24) is 5.32 Å². The van der Waals surface area contributed by atoms with Crippen LogP contribution in [-0.2, 0) is 15.9 Å². The molecule has 0 spiro atoms. The first-order chi connectivity index (χ1) is 13.5. The summed E-state index contributed by atoms with van der Waals surface area (Å²) in [5.74, 6) is -1.03. The van der Waals surface area contributed by atoms with Gasteiger partial charge in [-0.3, -0.25) is 0 Å². The Hall–Kier alpha value is -2.93. The molecule has 0 fully saturated rings. The van der Waals surface area contributed by atoms with Crippen LogP contribution in [0, 0.1) is 0 Å². The zero-order valence-electron chi connectivity index (χ0n) is 16.0. The molecule has 2 aromatic carbocycles. The van der Waals surface area contributed by atoms with E-state index >= 15 is 0 Å². The topological polar surface area (TPSA) is 76.7 Å². The van der Waals surface area contributed by atoms with Crippen LogP contribution in [0.4, 0.5) is 5.69 Å². The van der Waals surface area contributed by atoms with Crippen LogP contribution in [0.3, 0.4) is 0 Å². The van der Waals surface area contributed by atoms with E-state index in [1.165, 1.54) is 11.6 Å². The lowest BCUT2D eigenvalue weighted by Crippen LogP contribution is -2.30. The lowest BCUT2D eigenvalue weighted by Gasteiger charge is -2.13. The van der Waals surface area contributed by atoms with Crippen molar-refractivity contribution in [2.24, 2.45) is 0 Å². The maximum absolute atomic E-state index is 12.1. The van der Waals surface area contributed by atoms with Gasteiger partial charge >= 0.3 is 11.9 Å². The van der Waals surface area contributed by atoms with Crippen molar-refractivity contribution in [1.29, 1.82) is 0 Å². The van der Waals surface area contributed by atoms with Crippen molar-refractivity contribution in [2.75, 3.05) is 25.1 Å². The van der Waals surface area contributed by atoms with Crippen LogP contribution in [0.5, 0.6) is 0 Å². The number of carbonyl (C=O) groups excluding carboxylic acids is 2. The lowest BCUT2D eigenvalue weighted by molar-refractivity contribution is 0.0525. The number of thiocarbonyl (C=S) groups is 1. The van der Waals surface area contributed by atoms with Crippen LogP contribution in [0.2, 0.25) is 0 Å². The molecule has 0 aliphatic heterocycles. The summed E-state index contributed by atoms with van der Waals surface area (Å²) in [6.45, 7) is 4.57. The molecule has 0 aliphatic carbocycles. The van der Waals surface area contributed by atoms with Gasteiger partial charge in [-0.1, -0.05) is 30.3 Å². The van der Waals surface area contributed by atoms with Gasteiger partial charge in [-0.15, -0.1) is 0 Å². The minimum Gasteiger partial charge on any atom is -0.462 e. The van der Waals surface area contributed by atoms with E-state index in [0.29, 0.717) is 17.3 Å². The average Bonchev–Trinajstić information content (AvgIpc) is 2.69. The fourth-order valence-electron chi connectivity index (χ4n) is 2.50. The summed E-state index contributed by atoms with van der Waals surface area (Å²) in [6.07, 6.45) is 0.819. The van der Waals surface area contributed by atoms with Crippen LogP contribution >= 0.6 is 12.2 Å². The third kappa shape index (κ3) is 6.66. The number of carbonyl (C=O) groups is 2. The summed E-state index contributed by atoms with van der Waals surface area (Å²) < 4.78 is 10.1. The second-order valence-corrected chi connectivity index (χ2v) is 6.26. The SMILES string of the molecule is CCOC(=O)c1cc(NC(=S)NCCc2ccccc2)cc(C(=O)OCC)c1. The fourth-order valence-corrected chi connectivity index (χ4v) is 2.72. The predicted octanol–water partition coefficient (Wildman–Crippen LogP) is 3.57. The molecule has 0 amide bonds. The number of anilines is 1. The Morgan fingerprint density at radius 2 is 1.50 bits per heavy atom. The summed E-state index contributed by atoms with van der Waals surface area (Å²) >= 11 is 5.32. The number of benzene rings is 2. The van der Waals surface area contributed by atoms with E-state index < -0.39 is 11.9 Å². The number of nitrogens with one attached hydrogen (secondary N) is 2. The molecule has 0 aromatic heterocycles. The summed E-state index contributed by atoms with van der Waals surface area (Å²) in [7, 11) is 0. The van der Waals surface area contributed by atoms with Gasteiger partial charge in [0.15, 0.2) is 5.11 Å². The summed E-state index contributed by atoms with van der Waals surface area (Å²) in [4.78, 5) is 24.2. The number of hydrogen-bond donors (Lipinski definition) is 2. The lowest BCUT2D eigenvalue weighted by atomic mass is 10.1. The van der Waals surface area contributed by atoms with Crippen LogP contribution in [-0.4, -0.2) is 36.8 Å². The standard InChI is InChI=1S/C21H24N2O4S/c1-3-26-19(24)16-12-17(20(25)27-4-2)14-18(13-16)23-21(28)22-11-10-15-8-6-5-7-9-15/h5-9,12-14H,3-4,10-11H2,1-2H3,(H2,22,23,28). The Bertz CT molecular complexity index is 788. The van der Waals surface area contributed by atoms with E-state index in [1.807, 2.05) is 30.3 Å². The normalized spacial score (nSPS) is 10.1. The third-order valence-corrected chi connectivity index (χ3v) is 4.00. The van der Waals surface area contributed by atoms with Gasteiger partial charge in [0, 0.05) is 12.2 Å². The second kappa shape index (κ2) is 11.0. The van der Waals surface area contributed by atoms with E-state index in [4.69, 9.17) is 21.7 Å². The Kier molecular flexibility index (Phi) is 8.42. The zero-order chi connectivity index (χ0) is 20.4. The molecule has 0 saturated heterocycles. The predicted molar refractivity (Wildman–Crippen MR) is 113 cm³/mol. The van der Waals surface area contributed by atoms with Crippen LogP contribution in [0.15, 0.2) is 48.5 Å². The number of hydrogen-bond acceptors (Lipinski definition) is 5. The molecular weight excluding hydrogens is 376 g/mol. The first-order valence-corrected chi connectivity index (χ1v) is 9.52. The second-order valence-electron chi connectivity index (χ2n) is 5.86. The maximum atomic E-state index is 12.1. The molecule has 2 aromatic rings. The fraction of sp³-hybridized carbons (Fsp3) is 0.286. The molecule has 2 rings (SSSR count). The van der Waals surface area contributed by atoms with Gasteiger partial charge in [0.25, 0.3) is 0 Å². The molecule has 0 bridgehead atoms. The minimum atomic E-state index is -0.514. The van der Waals surface area contributed by atoms with E-state index in [-0.39, 0.29) is 24.3 Å². The van der Waals surface area contributed by atoms with Crippen LogP contribution < -0.4 is 10.6 Å². The molecule has 0 saturated carbocycles. The number of rotatable bonds is 8. The Labute approximate surface area is 170 Å². The first kappa shape index (κ1) is 21.4. The number of ether oxygens (including phenoxy) is 2. The average molecular weight is 401 g/mol. The van der Waals surface area contributed by atoms with Crippen molar-refractivity contribution in [3.63, 3.8) is 0 Å². The summed E-state index contributed by atoms with van der Waals surface area (Å²) in [6, 6.07) is 14.7. The summed E-state index contributed by atoms with van der Waals surface area (Å²) in [5, 5.41) is 6.52. The van der Waals surface area contributed by atoms with E-state index in [9.17, 15) is 9.59 Å². The van der Waals surface area contributed by atoms with E-state index in [1.54, 1.807) is 26.0 Å². The molecule has 0 radical (unpaired) electrons. The van der Waals surface area contributed by atoms with Gasteiger partial charge in [0.05, 0.1) is 24.3 Å². The molecule has 0 atom stereocenters. The quantitative estimate of drug-likeness (QED) is 0.518. The van der Waals surface area contributed by atoms with Gasteiger partial charge in [-0.05, 0) is 56.2 Å². The Balaban J connectivity index is 2.06. The van der Waals surface area contributed by atoms with Crippen molar-refractivity contribution in [2.45, 2.75) is 20.3 Å². The molecule has 0 heterocycles. The van der Waals surface area contributed by atoms with E-state index in [2.05, 4.69) is 10.6 Å². The molecule has 7 heteroatoms. The van der Waals surface area contributed by atoms with Gasteiger partial charge in [-0.2, -0.15) is 0 Å². The molecule has 0 unspecified atom stereocenters. The monoisotopic (exact) mass is 400 g/mol. The highest BCUT2D eigenvalue weighted by Crippen LogP contribution is 2.17. The van der Waals surface area contributed by atoms with E-state index in [0.717, 1.165) is 6.42 Å². The van der Waals surface area contributed by atoms with Crippen molar-refractivity contribution >= 4 is 35.0 Å². The molecule has 6 nitrogen and oxygen atoms in total. The third-order valence-electron chi connectivity index (χ3n) is 3.76. The molecular formula is C21H24N2O4S. The van der Waals surface area contributed by atoms with Gasteiger partial charge in [-0.25, -0.2) is 9.59 Å². The zero-order valence-corrected chi connectivity index (χ0v) is 16.8. The smallest absolute Gasteiger partial charge is 0.338 e. The molecule has 2 N–H and O–H groups in total. The highest BCUT2D eigenvalue weighted by atomic mass is 32.1. The van der Waals surface area contributed by atoms with Crippen molar-refractivity contribution < 1.29 is 19.1 Å². The Morgan fingerprint density at radius 3 is 2.04 bits per heavy atom. The Morgan fingerprint density at radius 1 is 0.929 bits per heavy atom. The highest BCUT2D eigenvalue weighted by molar-refractivity contribution is 7.80. The van der Waals surface area contributed by atoms with Gasteiger partial charge in [0.1, 0.15) is 0 Å². The maximum Gasteiger partial charge on any atom is 0.338 e. The van der Waals surface area contributed by atoms with Crippen LogP contribution in [0.25, 0.3) is 0 Å².